The molecule has 0 aromatic heterocycles. The zero-order valence-corrected chi connectivity index (χ0v) is 13.3. The van der Waals surface area contributed by atoms with Gasteiger partial charge in [-0.3, -0.25) is 0 Å². The van der Waals surface area contributed by atoms with Crippen molar-refractivity contribution >= 4 is 33.2 Å². The van der Waals surface area contributed by atoms with Crippen molar-refractivity contribution < 1.29 is 0 Å². The lowest BCUT2D eigenvalue weighted by Gasteiger charge is -2.38. The highest BCUT2D eigenvalue weighted by Gasteiger charge is 2.25. The zero-order chi connectivity index (χ0) is 13.1. The Kier molecular flexibility index (Phi) is 4.93. The van der Waals surface area contributed by atoms with Crippen LogP contribution >= 0.6 is 27.5 Å². The number of hydrogen-bond donors (Lipinski definition) is 1. The van der Waals surface area contributed by atoms with Crippen LogP contribution in [0.15, 0.2) is 22.7 Å². The fourth-order valence-electron chi connectivity index (χ4n) is 2.63. The van der Waals surface area contributed by atoms with Crippen molar-refractivity contribution in [3.63, 3.8) is 0 Å². The average molecular weight is 332 g/mol. The fourth-order valence-corrected chi connectivity index (χ4v) is 3.05. The summed E-state index contributed by atoms with van der Waals surface area (Å²) in [5.41, 5.74) is 1.23. The Bertz CT molecular complexity index is 411. The Morgan fingerprint density at radius 1 is 1.50 bits per heavy atom. The van der Waals surface area contributed by atoms with Gasteiger partial charge in [0, 0.05) is 29.3 Å². The average Bonchev–Trinajstić information content (AvgIpc) is 2.35. The maximum atomic E-state index is 6.16. The molecule has 1 aromatic rings. The topological polar surface area (TPSA) is 15.3 Å². The van der Waals surface area contributed by atoms with Gasteiger partial charge in [0.25, 0.3) is 0 Å². The van der Waals surface area contributed by atoms with E-state index in [1.54, 1.807) is 0 Å². The minimum atomic E-state index is 0.650. The summed E-state index contributed by atoms with van der Waals surface area (Å²) in [6.07, 6.45) is 1.20. The molecule has 2 rings (SSSR count). The minimum absolute atomic E-state index is 0.650. The van der Waals surface area contributed by atoms with Gasteiger partial charge in [-0.25, -0.2) is 0 Å². The second-order valence-corrected chi connectivity index (χ2v) is 6.24. The van der Waals surface area contributed by atoms with Crippen LogP contribution in [-0.2, 0) is 0 Å². The van der Waals surface area contributed by atoms with Crippen molar-refractivity contribution in [2.75, 3.05) is 24.5 Å². The van der Waals surface area contributed by atoms with Gasteiger partial charge in [-0.05, 0) is 53.0 Å². The molecule has 2 atom stereocenters. The van der Waals surface area contributed by atoms with Gasteiger partial charge >= 0.3 is 0 Å². The Morgan fingerprint density at radius 2 is 2.28 bits per heavy atom. The number of piperidine rings is 1. The second-order valence-electron chi connectivity index (χ2n) is 4.97. The van der Waals surface area contributed by atoms with Crippen LogP contribution < -0.4 is 10.2 Å². The quantitative estimate of drug-likeness (QED) is 0.903. The Balaban J connectivity index is 2.05. The van der Waals surface area contributed by atoms with Crippen molar-refractivity contribution in [2.24, 2.45) is 5.92 Å². The molecule has 18 heavy (non-hydrogen) atoms. The first-order valence-electron chi connectivity index (χ1n) is 6.55. The third kappa shape index (κ3) is 3.19. The maximum Gasteiger partial charge on any atom is 0.0568 e. The largest absolute Gasteiger partial charge is 0.371 e. The molecule has 1 saturated heterocycles. The molecule has 4 heteroatoms. The van der Waals surface area contributed by atoms with E-state index in [9.17, 15) is 0 Å². The minimum Gasteiger partial charge on any atom is -0.371 e. The molecule has 0 radical (unpaired) electrons. The summed E-state index contributed by atoms with van der Waals surface area (Å²) < 4.78 is 0.962. The Morgan fingerprint density at radius 3 is 2.89 bits per heavy atom. The Hall–Kier alpha value is -0.250. The molecule has 2 nitrogen and oxygen atoms in total. The van der Waals surface area contributed by atoms with E-state index in [4.69, 9.17) is 11.6 Å². The molecule has 0 saturated carbocycles. The van der Waals surface area contributed by atoms with Crippen LogP contribution in [0.2, 0.25) is 5.02 Å². The summed E-state index contributed by atoms with van der Waals surface area (Å²) in [6, 6.07) is 6.86. The number of benzene rings is 1. The third-order valence-corrected chi connectivity index (χ3v) is 4.87. The van der Waals surface area contributed by atoms with Gasteiger partial charge in [-0.2, -0.15) is 0 Å². The molecule has 1 aliphatic rings. The van der Waals surface area contributed by atoms with E-state index >= 15 is 0 Å². The number of nitrogens with zero attached hydrogens (tertiary/aromatic N) is 1. The number of rotatable bonds is 3. The number of hydrogen-bond acceptors (Lipinski definition) is 2. The highest BCUT2D eigenvalue weighted by molar-refractivity contribution is 9.10. The predicted molar refractivity (Wildman–Crippen MR) is 82.6 cm³/mol. The van der Waals surface area contributed by atoms with E-state index in [2.05, 4.69) is 46.1 Å². The van der Waals surface area contributed by atoms with Crippen LogP contribution in [0.3, 0.4) is 0 Å². The van der Waals surface area contributed by atoms with Gasteiger partial charge in [0.1, 0.15) is 0 Å². The lowest BCUT2D eigenvalue weighted by atomic mass is 9.93. The van der Waals surface area contributed by atoms with E-state index in [0.717, 1.165) is 29.1 Å². The molecular formula is C14H20BrClN2. The summed E-state index contributed by atoms with van der Waals surface area (Å²) >= 11 is 9.60. The SMILES string of the molecule is CCNC1CCN(c2ccc(Br)c(Cl)c2)CC1C. The fraction of sp³-hybridized carbons (Fsp3) is 0.571. The molecule has 2 unspecified atom stereocenters. The predicted octanol–water partition coefficient (Wildman–Crippen LogP) is 3.93. The summed E-state index contributed by atoms with van der Waals surface area (Å²) in [6.45, 7) is 7.74. The van der Waals surface area contributed by atoms with E-state index in [0.29, 0.717) is 12.0 Å². The molecule has 0 bridgehead atoms. The van der Waals surface area contributed by atoms with Crippen LogP contribution in [0.1, 0.15) is 20.3 Å². The smallest absolute Gasteiger partial charge is 0.0568 e. The first kappa shape index (κ1) is 14.2. The van der Waals surface area contributed by atoms with E-state index < -0.39 is 0 Å². The summed E-state index contributed by atoms with van der Waals surface area (Å²) in [5, 5.41) is 4.35. The van der Waals surface area contributed by atoms with Crippen LogP contribution in [0, 0.1) is 5.92 Å². The van der Waals surface area contributed by atoms with Gasteiger partial charge in [0.05, 0.1) is 5.02 Å². The molecule has 0 spiro atoms. The Labute approximate surface area is 123 Å². The maximum absolute atomic E-state index is 6.16. The van der Waals surface area contributed by atoms with Crippen molar-refractivity contribution in [3.05, 3.63) is 27.7 Å². The van der Waals surface area contributed by atoms with Gasteiger partial charge in [0.15, 0.2) is 0 Å². The lowest BCUT2D eigenvalue weighted by molar-refractivity contribution is 0.327. The number of anilines is 1. The van der Waals surface area contributed by atoms with Crippen LogP contribution in [0.5, 0.6) is 0 Å². The van der Waals surface area contributed by atoms with Crippen molar-refractivity contribution in [1.29, 1.82) is 0 Å². The van der Waals surface area contributed by atoms with E-state index in [-0.39, 0.29) is 0 Å². The molecule has 1 aliphatic heterocycles. The van der Waals surface area contributed by atoms with Crippen LogP contribution in [-0.4, -0.2) is 25.7 Å². The normalized spacial score (nSPS) is 24.3. The number of nitrogens with one attached hydrogen (secondary N) is 1. The highest BCUT2D eigenvalue weighted by atomic mass is 79.9. The molecule has 1 N–H and O–H groups in total. The summed E-state index contributed by atoms with van der Waals surface area (Å²) in [4.78, 5) is 2.43. The summed E-state index contributed by atoms with van der Waals surface area (Å²) in [5.74, 6) is 0.668. The van der Waals surface area contributed by atoms with Crippen molar-refractivity contribution in [3.8, 4) is 0 Å². The van der Waals surface area contributed by atoms with Crippen LogP contribution in [0.4, 0.5) is 5.69 Å². The first-order chi connectivity index (χ1) is 8.61. The molecular weight excluding hydrogens is 312 g/mol. The standard InChI is InChI=1S/C14H20BrClN2/c1-3-17-14-6-7-18(9-10(14)2)11-4-5-12(15)13(16)8-11/h4-5,8,10,14,17H,3,6-7,9H2,1-2H3. The van der Waals surface area contributed by atoms with Crippen molar-refractivity contribution in [1.82, 2.24) is 5.32 Å². The summed E-state index contributed by atoms with van der Waals surface area (Å²) in [7, 11) is 0. The van der Waals surface area contributed by atoms with Gasteiger partial charge in [0.2, 0.25) is 0 Å². The third-order valence-electron chi connectivity index (χ3n) is 3.64. The zero-order valence-electron chi connectivity index (χ0n) is 10.9. The molecule has 0 aliphatic carbocycles. The lowest BCUT2D eigenvalue weighted by Crippen LogP contribution is -2.48. The van der Waals surface area contributed by atoms with Gasteiger partial charge in [-0.1, -0.05) is 25.4 Å². The molecule has 1 heterocycles. The monoisotopic (exact) mass is 330 g/mol. The van der Waals surface area contributed by atoms with Gasteiger partial charge in [-0.15, -0.1) is 0 Å². The van der Waals surface area contributed by atoms with E-state index in [1.807, 2.05) is 12.1 Å². The second kappa shape index (κ2) is 6.27. The first-order valence-corrected chi connectivity index (χ1v) is 7.72. The molecule has 100 valence electrons. The molecule has 1 aromatic carbocycles. The van der Waals surface area contributed by atoms with Crippen molar-refractivity contribution in [2.45, 2.75) is 26.3 Å². The van der Waals surface area contributed by atoms with E-state index in [1.165, 1.54) is 12.1 Å². The van der Waals surface area contributed by atoms with Crippen LogP contribution in [0.25, 0.3) is 0 Å². The molecule has 0 amide bonds. The van der Waals surface area contributed by atoms with Gasteiger partial charge < -0.3 is 10.2 Å². The highest BCUT2D eigenvalue weighted by Crippen LogP contribution is 2.30. The molecule has 1 fully saturated rings. The number of halogens is 2.